The van der Waals surface area contributed by atoms with Crippen molar-refractivity contribution in [2.45, 2.75) is 90.2 Å². The van der Waals surface area contributed by atoms with E-state index in [0.717, 1.165) is 44.2 Å². The highest BCUT2D eigenvalue weighted by Crippen LogP contribution is 2.49. The summed E-state index contributed by atoms with van der Waals surface area (Å²) in [6.07, 6.45) is 5.08. The number of ether oxygens (including phenoxy) is 1. The minimum absolute atomic E-state index is 0.137. The monoisotopic (exact) mass is 400 g/mol. The summed E-state index contributed by atoms with van der Waals surface area (Å²) in [5.41, 5.74) is 1.40. The molecule has 2 aliphatic rings. The van der Waals surface area contributed by atoms with Gasteiger partial charge in [-0.2, -0.15) is 0 Å². The number of benzene rings is 1. The van der Waals surface area contributed by atoms with Crippen molar-refractivity contribution in [2.24, 2.45) is 0 Å². The Balaban J connectivity index is 1.80. The van der Waals surface area contributed by atoms with E-state index in [2.05, 4.69) is 36.9 Å². The van der Waals surface area contributed by atoms with E-state index in [9.17, 15) is 9.59 Å². The lowest BCUT2D eigenvalue weighted by Crippen LogP contribution is -2.51. The van der Waals surface area contributed by atoms with Gasteiger partial charge >= 0.3 is 6.09 Å². The van der Waals surface area contributed by atoms with Crippen LogP contribution in [0.2, 0.25) is 0 Å². The number of nitrogens with zero attached hydrogens (tertiary/aromatic N) is 2. The summed E-state index contributed by atoms with van der Waals surface area (Å²) in [4.78, 5) is 30.0. The van der Waals surface area contributed by atoms with E-state index >= 15 is 0 Å². The summed E-state index contributed by atoms with van der Waals surface area (Å²) in [6.45, 7) is 11.2. The van der Waals surface area contributed by atoms with Crippen LogP contribution >= 0.6 is 0 Å². The number of para-hydroxylation sites is 1. The molecule has 5 heteroatoms. The van der Waals surface area contributed by atoms with Gasteiger partial charge in [0.2, 0.25) is 5.91 Å². The number of carbonyl (C=O) groups is 2. The molecular weight excluding hydrogens is 364 g/mol. The van der Waals surface area contributed by atoms with Crippen LogP contribution in [0.4, 0.5) is 10.5 Å². The van der Waals surface area contributed by atoms with Crippen molar-refractivity contribution < 1.29 is 14.3 Å². The van der Waals surface area contributed by atoms with Gasteiger partial charge in [-0.05, 0) is 58.1 Å². The average molecular weight is 401 g/mol. The van der Waals surface area contributed by atoms with Gasteiger partial charge in [0.1, 0.15) is 5.60 Å². The van der Waals surface area contributed by atoms with Crippen molar-refractivity contribution in [3.05, 3.63) is 29.8 Å². The highest BCUT2D eigenvalue weighted by molar-refractivity contribution is 6.08. The predicted octanol–water partition coefficient (Wildman–Crippen LogP) is 5.27. The van der Waals surface area contributed by atoms with Gasteiger partial charge in [-0.1, -0.05) is 44.9 Å². The van der Waals surface area contributed by atoms with E-state index in [-0.39, 0.29) is 23.5 Å². The fourth-order valence-electron chi connectivity index (χ4n) is 5.00. The summed E-state index contributed by atoms with van der Waals surface area (Å²) in [7, 11) is 0. The fourth-order valence-corrected chi connectivity index (χ4v) is 5.00. The molecule has 160 valence electrons. The van der Waals surface area contributed by atoms with Gasteiger partial charge in [-0.3, -0.25) is 4.79 Å². The van der Waals surface area contributed by atoms with Crippen LogP contribution in [0.5, 0.6) is 0 Å². The van der Waals surface area contributed by atoms with Gasteiger partial charge in [-0.25, -0.2) is 4.79 Å². The van der Waals surface area contributed by atoms with Crippen molar-refractivity contribution in [1.29, 1.82) is 0 Å². The number of piperidine rings is 1. The lowest BCUT2D eigenvalue weighted by molar-refractivity contribution is -0.124. The SMILES string of the molecule is CCCC1(CCC)C(=O)N(C2CCN(C(=O)OC(C)(C)C)CC2)c2ccccc21. The van der Waals surface area contributed by atoms with E-state index in [4.69, 9.17) is 4.74 Å². The molecule has 0 radical (unpaired) electrons. The molecule has 0 N–H and O–H groups in total. The third-order valence-corrected chi connectivity index (χ3v) is 6.14. The second-order valence-electron chi connectivity index (χ2n) is 9.47. The van der Waals surface area contributed by atoms with Gasteiger partial charge in [0, 0.05) is 24.8 Å². The minimum atomic E-state index is -0.488. The Hall–Kier alpha value is -2.04. The molecule has 2 aliphatic heterocycles. The number of anilines is 1. The molecule has 1 fully saturated rings. The molecule has 2 amide bonds. The minimum Gasteiger partial charge on any atom is -0.444 e. The molecule has 0 aromatic heterocycles. The molecule has 1 aromatic carbocycles. The summed E-state index contributed by atoms with van der Waals surface area (Å²) < 4.78 is 5.52. The Bertz CT molecular complexity index is 739. The Kier molecular flexibility index (Phi) is 6.25. The quantitative estimate of drug-likeness (QED) is 0.676. The highest BCUT2D eigenvalue weighted by atomic mass is 16.6. The van der Waals surface area contributed by atoms with Crippen LogP contribution in [0.3, 0.4) is 0 Å². The van der Waals surface area contributed by atoms with Gasteiger partial charge < -0.3 is 14.5 Å². The molecule has 2 heterocycles. The first kappa shape index (κ1) is 21.7. The zero-order valence-electron chi connectivity index (χ0n) is 18.7. The summed E-state index contributed by atoms with van der Waals surface area (Å²) >= 11 is 0. The first-order valence-corrected chi connectivity index (χ1v) is 11.1. The Morgan fingerprint density at radius 3 is 2.24 bits per heavy atom. The number of rotatable bonds is 5. The maximum atomic E-state index is 13.8. The topological polar surface area (TPSA) is 49.9 Å². The molecule has 29 heavy (non-hydrogen) atoms. The number of amides is 2. The van der Waals surface area contributed by atoms with Gasteiger partial charge in [0.05, 0.1) is 5.41 Å². The molecular formula is C24H36N2O3. The first-order chi connectivity index (χ1) is 13.7. The van der Waals surface area contributed by atoms with Crippen molar-refractivity contribution in [2.75, 3.05) is 18.0 Å². The molecule has 3 rings (SSSR count). The molecule has 0 atom stereocenters. The van der Waals surface area contributed by atoms with Crippen LogP contribution in [0, 0.1) is 0 Å². The Labute approximate surface area is 175 Å². The van der Waals surface area contributed by atoms with Crippen LogP contribution < -0.4 is 4.90 Å². The Morgan fingerprint density at radius 2 is 1.69 bits per heavy atom. The second-order valence-corrected chi connectivity index (χ2v) is 9.47. The first-order valence-electron chi connectivity index (χ1n) is 11.1. The van der Waals surface area contributed by atoms with E-state index in [0.29, 0.717) is 13.1 Å². The second kappa shape index (κ2) is 8.37. The number of likely N-dealkylation sites (tertiary alicyclic amines) is 1. The normalized spacial score (nSPS) is 19.4. The fraction of sp³-hybridized carbons (Fsp3) is 0.667. The van der Waals surface area contributed by atoms with Crippen molar-refractivity contribution in [3.8, 4) is 0 Å². The van der Waals surface area contributed by atoms with E-state index in [1.54, 1.807) is 4.90 Å². The lowest BCUT2D eigenvalue weighted by Gasteiger charge is -2.38. The van der Waals surface area contributed by atoms with Crippen LogP contribution in [-0.2, 0) is 14.9 Å². The third-order valence-electron chi connectivity index (χ3n) is 6.14. The average Bonchev–Trinajstić information content (AvgIpc) is 2.90. The lowest BCUT2D eigenvalue weighted by atomic mass is 9.74. The smallest absolute Gasteiger partial charge is 0.410 e. The largest absolute Gasteiger partial charge is 0.444 e. The van der Waals surface area contributed by atoms with Crippen molar-refractivity contribution in [1.82, 2.24) is 4.90 Å². The van der Waals surface area contributed by atoms with Gasteiger partial charge in [0.25, 0.3) is 0 Å². The zero-order chi connectivity index (χ0) is 21.2. The van der Waals surface area contributed by atoms with Crippen LogP contribution in [-0.4, -0.2) is 41.6 Å². The molecule has 1 saturated heterocycles. The number of carbonyl (C=O) groups excluding carboxylic acids is 2. The van der Waals surface area contributed by atoms with Crippen LogP contribution in [0.15, 0.2) is 24.3 Å². The molecule has 5 nitrogen and oxygen atoms in total. The summed E-state index contributed by atoms with van der Waals surface area (Å²) in [5, 5.41) is 0. The van der Waals surface area contributed by atoms with Crippen LogP contribution in [0.25, 0.3) is 0 Å². The van der Waals surface area contributed by atoms with Gasteiger partial charge in [0.15, 0.2) is 0 Å². The molecule has 0 aliphatic carbocycles. The summed E-state index contributed by atoms with van der Waals surface area (Å²) in [6, 6.07) is 8.47. The molecule has 0 bridgehead atoms. The number of fused-ring (bicyclic) bond motifs is 1. The highest BCUT2D eigenvalue weighted by Gasteiger charge is 2.51. The van der Waals surface area contributed by atoms with Crippen molar-refractivity contribution in [3.63, 3.8) is 0 Å². The zero-order valence-corrected chi connectivity index (χ0v) is 18.7. The van der Waals surface area contributed by atoms with E-state index in [1.165, 1.54) is 5.56 Å². The van der Waals surface area contributed by atoms with Gasteiger partial charge in [-0.15, -0.1) is 0 Å². The maximum Gasteiger partial charge on any atom is 0.410 e. The standard InChI is InChI=1S/C24H36N2O3/c1-6-14-24(15-7-2)19-10-8-9-11-20(19)26(21(24)27)18-12-16-25(17-13-18)22(28)29-23(3,4)5/h8-11,18H,6-7,12-17H2,1-5H3. The number of hydrogen-bond acceptors (Lipinski definition) is 3. The third kappa shape index (κ3) is 4.15. The maximum absolute atomic E-state index is 13.8. The number of hydrogen-bond donors (Lipinski definition) is 0. The Morgan fingerprint density at radius 1 is 1.10 bits per heavy atom. The molecule has 0 spiro atoms. The molecule has 1 aromatic rings. The van der Waals surface area contributed by atoms with Crippen LogP contribution in [0.1, 0.15) is 78.7 Å². The summed E-state index contributed by atoms with van der Waals surface area (Å²) in [5.74, 6) is 0.262. The van der Waals surface area contributed by atoms with Crippen molar-refractivity contribution >= 4 is 17.7 Å². The van der Waals surface area contributed by atoms with E-state index in [1.807, 2.05) is 26.8 Å². The predicted molar refractivity (Wildman–Crippen MR) is 116 cm³/mol. The molecule has 0 unspecified atom stereocenters. The van der Waals surface area contributed by atoms with E-state index < -0.39 is 5.60 Å². The molecule has 0 saturated carbocycles.